The number of aromatic hydroxyl groups is 1. The molecule has 5 atom stereocenters. The highest BCUT2D eigenvalue weighted by Gasteiger charge is 2.38. The van der Waals surface area contributed by atoms with Gasteiger partial charge in [0.05, 0.1) is 33.5 Å². The number of fused-ring (bicyclic) bond motifs is 1. The summed E-state index contributed by atoms with van der Waals surface area (Å²) in [6, 6.07) is 4.25. The maximum absolute atomic E-state index is 13.9. The normalized spacial score (nSPS) is 16.6. The van der Waals surface area contributed by atoms with Crippen molar-refractivity contribution in [2.75, 3.05) is 7.11 Å². The molecule has 270 valence electrons. The van der Waals surface area contributed by atoms with E-state index in [4.69, 9.17) is 17.4 Å². The third-order valence-electron chi connectivity index (χ3n) is 10.1. The lowest BCUT2D eigenvalue weighted by Crippen LogP contribution is -2.20. The van der Waals surface area contributed by atoms with E-state index in [2.05, 4.69) is 76.2 Å². The van der Waals surface area contributed by atoms with E-state index in [0.29, 0.717) is 34.6 Å². The summed E-state index contributed by atoms with van der Waals surface area (Å²) in [7, 11) is 1.74. The van der Waals surface area contributed by atoms with Gasteiger partial charge in [-0.05, 0) is 56.6 Å². The number of carbonyl (C=O) groups excluding carboxylic acids is 1. The number of hydrogen-bond acceptors (Lipinski definition) is 6. The summed E-state index contributed by atoms with van der Waals surface area (Å²) in [5.41, 5.74) is 2.64. The first-order valence-corrected chi connectivity index (χ1v) is 21.1. The molecule has 3 unspecified atom stereocenters. The van der Waals surface area contributed by atoms with Crippen molar-refractivity contribution < 1.29 is 14.6 Å². The summed E-state index contributed by atoms with van der Waals surface area (Å²) in [5.74, 6) is 0.582. The zero-order valence-corrected chi connectivity index (χ0v) is 33.7. The smallest absolute Gasteiger partial charge is 0.280 e. The number of carbonyl (C=O) groups is 1. The Bertz CT molecular complexity index is 1340. The minimum absolute atomic E-state index is 0.00341. The molecular formula is C40H64N2O3S3. The Morgan fingerprint density at radius 3 is 2.21 bits per heavy atom. The lowest BCUT2D eigenvalue weighted by molar-refractivity contribution is 0.0732. The molecule has 48 heavy (non-hydrogen) atoms. The maximum atomic E-state index is 13.9. The molecular weight excluding hydrogens is 653 g/mol. The molecule has 1 aliphatic heterocycles. The van der Waals surface area contributed by atoms with Crippen LogP contribution in [-0.2, 0) is 11.3 Å². The van der Waals surface area contributed by atoms with Crippen LogP contribution < -0.4 is 0 Å². The highest BCUT2D eigenvalue weighted by molar-refractivity contribution is 8.04. The molecule has 0 radical (unpaired) electrons. The molecule has 3 rings (SSSR count). The van der Waals surface area contributed by atoms with E-state index in [1.54, 1.807) is 30.2 Å². The summed E-state index contributed by atoms with van der Waals surface area (Å²) in [4.78, 5) is 21.7. The average Bonchev–Trinajstić information content (AvgIpc) is 3.78. The molecule has 1 aliphatic rings. The van der Waals surface area contributed by atoms with Gasteiger partial charge < -0.3 is 14.4 Å². The van der Waals surface area contributed by atoms with Crippen LogP contribution in [0, 0.1) is 11.8 Å². The molecule has 5 nitrogen and oxygen atoms in total. The van der Waals surface area contributed by atoms with Crippen molar-refractivity contribution in [3.05, 3.63) is 39.1 Å². The minimum Gasteiger partial charge on any atom is -0.494 e. The standard InChI is InChI=1S/C40H64N2O3S3/c1-9-13-15-17-18-20-23-30(22-19-16-14-10-2)26-42-37(32-24-25-33(48-32)38(46)28(6)29(7)45-8)35-34(40(42)44)36(41-39(35)43)31(21-11-3)47-27(5)12-4/h21,24-25,27-30,38,44,46H,9-20,22-23,26H2,1-8H3/b31-21-/t27-,28?,29-,30?,38?/m0/s1. The lowest BCUT2D eigenvalue weighted by Gasteiger charge is -2.23. The molecule has 0 aromatic carbocycles. The van der Waals surface area contributed by atoms with Gasteiger partial charge in [-0.1, -0.05) is 112 Å². The molecule has 1 N–H and O–H groups in total. The number of allylic oxidation sites excluding steroid dienone is 2. The zero-order valence-electron chi connectivity index (χ0n) is 31.1. The van der Waals surface area contributed by atoms with Crippen LogP contribution in [0.1, 0.15) is 164 Å². The van der Waals surface area contributed by atoms with Crippen LogP contribution in [0.3, 0.4) is 0 Å². The number of thiophene rings is 1. The van der Waals surface area contributed by atoms with Gasteiger partial charge in [0.1, 0.15) is 0 Å². The van der Waals surface area contributed by atoms with Crippen LogP contribution in [0.25, 0.3) is 10.6 Å². The Hall–Kier alpha value is -1.48. The zero-order chi connectivity index (χ0) is 35.2. The highest BCUT2D eigenvalue weighted by atomic mass is 32.2. The van der Waals surface area contributed by atoms with Crippen molar-refractivity contribution in [3.63, 3.8) is 0 Å². The monoisotopic (exact) mass is 716 g/mol. The van der Waals surface area contributed by atoms with Gasteiger partial charge in [0.25, 0.3) is 5.91 Å². The van der Waals surface area contributed by atoms with Crippen molar-refractivity contribution in [1.82, 2.24) is 4.57 Å². The fraction of sp³-hybridized carbons (Fsp3) is 0.700. The second-order valence-corrected chi connectivity index (χ2v) is 17.0. The first kappa shape index (κ1) is 40.9. The Labute approximate surface area is 306 Å². The second kappa shape index (κ2) is 21.0. The fourth-order valence-corrected chi connectivity index (χ4v) is 9.36. The minimum atomic E-state index is -0.245. The van der Waals surface area contributed by atoms with Crippen LogP contribution in [0.5, 0.6) is 5.88 Å². The van der Waals surface area contributed by atoms with Gasteiger partial charge >= 0.3 is 0 Å². The van der Waals surface area contributed by atoms with Crippen molar-refractivity contribution >= 4 is 47.3 Å². The van der Waals surface area contributed by atoms with E-state index in [1.165, 1.54) is 64.2 Å². The summed E-state index contributed by atoms with van der Waals surface area (Å²) in [6.45, 7) is 16.0. The van der Waals surface area contributed by atoms with E-state index in [0.717, 1.165) is 46.0 Å². The van der Waals surface area contributed by atoms with E-state index in [-0.39, 0.29) is 29.1 Å². The van der Waals surface area contributed by atoms with Crippen LogP contribution in [-0.4, -0.2) is 39.8 Å². The molecule has 0 bridgehead atoms. The van der Waals surface area contributed by atoms with Gasteiger partial charge in [0, 0.05) is 33.9 Å². The van der Waals surface area contributed by atoms with Crippen molar-refractivity contribution in [2.24, 2.45) is 16.8 Å². The number of thiol groups is 1. The number of nitrogens with zero attached hydrogens (tertiary/aromatic N) is 2. The molecule has 1 amide bonds. The number of aliphatic imine (C=N–C) groups is 1. The summed E-state index contributed by atoms with van der Waals surface area (Å²) < 4.78 is 7.72. The number of methoxy groups -OCH3 is 1. The van der Waals surface area contributed by atoms with Crippen molar-refractivity contribution in [1.29, 1.82) is 0 Å². The van der Waals surface area contributed by atoms with Crippen LogP contribution >= 0.6 is 35.7 Å². The van der Waals surface area contributed by atoms with Crippen LogP contribution in [0.15, 0.2) is 28.1 Å². The summed E-state index contributed by atoms with van der Waals surface area (Å²) >= 11 is 8.45. The van der Waals surface area contributed by atoms with Crippen LogP contribution in [0.2, 0.25) is 0 Å². The summed E-state index contributed by atoms with van der Waals surface area (Å²) in [6.07, 6.45) is 18.9. The SMILES string of the molecule is CC/C=C(\S[C@@H](C)CC)C1=NC(=O)c2c1c(O)n(CC(CCCCCC)CCCCCCCC)c2-c1ccc(C(S)C(C)[C@H](C)OC)s1. The van der Waals surface area contributed by atoms with Crippen molar-refractivity contribution in [3.8, 4) is 16.5 Å². The van der Waals surface area contributed by atoms with Gasteiger partial charge in [-0.25, -0.2) is 4.99 Å². The first-order valence-electron chi connectivity index (χ1n) is 18.9. The molecule has 0 fully saturated rings. The van der Waals surface area contributed by atoms with Gasteiger partial charge in [0.2, 0.25) is 5.88 Å². The van der Waals surface area contributed by atoms with Crippen molar-refractivity contribution in [2.45, 2.75) is 162 Å². The Kier molecular flexibility index (Phi) is 17.9. The Morgan fingerprint density at radius 1 is 0.979 bits per heavy atom. The van der Waals surface area contributed by atoms with E-state index in [9.17, 15) is 9.90 Å². The second-order valence-electron chi connectivity index (χ2n) is 13.8. The fourth-order valence-electron chi connectivity index (χ4n) is 6.58. The van der Waals surface area contributed by atoms with Gasteiger partial charge in [0.15, 0.2) is 0 Å². The van der Waals surface area contributed by atoms with E-state index in [1.807, 2.05) is 0 Å². The van der Waals surface area contributed by atoms with E-state index >= 15 is 0 Å². The average molecular weight is 717 g/mol. The largest absolute Gasteiger partial charge is 0.494 e. The number of thioether (sulfide) groups is 1. The number of ether oxygens (including phenoxy) is 1. The molecule has 8 heteroatoms. The topological polar surface area (TPSA) is 63.8 Å². The van der Waals surface area contributed by atoms with Gasteiger partial charge in [-0.3, -0.25) is 4.79 Å². The Morgan fingerprint density at radius 2 is 1.60 bits per heavy atom. The first-order chi connectivity index (χ1) is 23.1. The molecule has 3 heterocycles. The number of unbranched alkanes of at least 4 members (excludes halogenated alkanes) is 8. The maximum Gasteiger partial charge on any atom is 0.280 e. The molecule has 0 aliphatic carbocycles. The number of aromatic nitrogens is 1. The Balaban J connectivity index is 2.10. The third-order valence-corrected chi connectivity index (χ3v) is 13.5. The number of amides is 1. The number of hydrogen-bond donors (Lipinski definition) is 2. The van der Waals surface area contributed by atoms with Gasteiger partial charge in [-0.15, -0.1) is 23.1 Å². The third kappa shape index (κ3) is 10.8. The summed E-state index contributed by atoms with van der Waals surface area (Å²) in [5, 5.41) is 12.6. The van der Waals surface area contributed by atoms with E-state index < -0.39 is 0 Å². The molecule has 2 aromatic rings. The van der Waals surface area contributed by atoms with Gasteiger partial charge in [-0.2, -0.15) is 12.6 Å². The molecule has 0 spiro atoms. The lowest BCUT2D eigenvalue weighted by atomic mass is 9.94. The quantitative estimate of drug-likeness (QED) is 0.0838. The molecule has 0 saturated carbocycles. The molecule has 2 aromatic heterocycles. The molecule has 0 saturated heterocycles. The predicted octanol–water partition coefficient (Wildman–Crippen LogP) is 12.7. The predicted molar refractivity (Wildman–Crippen MR) is 214 cm³/mol. The number of rotatable bonds is 24. The van der Waals surface area contributed by atoms with Crippen LogP contribution in [0.4, 0.5) is 0 Å². The highest BCUT2D eigenvalue weighted by Crippen LogP contribution is 2.47.